The molecule has 0 aromatic heterocycles. The quantitative estimate of drug-likeness (QED) is 0.748. The fourth-order valence-corrected chi connectivity index (χ4v) is 2.06. The van der Waals surface area contributed by atoms with E-state index in [2.05, 4.69) is 37.3 Å². The van der Waals surface area contributed by atoms with Gasteiger partial charge in [0.2, 0.25) is 0 Å². The Hall–Kier alpha value is -0.860. The van der Waals surface area contributed by atoms with Gasteiger partial charge in [0.15, 0.2) is 0 Å². The van der Waals surface area contributed by atoms with E-state index in [-0.39, 0.29) is 0 Å². The van der Waals surface area contributed by atoms with Crippen molar-refractivity contribution in [1.82, 2.24) is 0 Å². The first-order valence-corrected chi connectivity index (χ1v) is 5.00. The summed E-state index contributed by atoms with van der Waals surface area (Å²) in [6, 6.07) is 10.6. The summed E-state index contributed by atoms with van der Waals surface area (Å²) in [5.41, 5.74) is 7.53. The zero-order valence-electron chi connectivity index (χ0n) is 8.90. The number of benzene rings is 1. The molecule has 0 heterocycles. The van der Waals surface area contributed by atoms with Crippen molar-refractivity contribution in [3.63, 3.8) is 0 Å². The molecule has 3 N–H and O–H groups in total. The van der Waals surface area contributed by atoms with Gasteiger partial charge in [-0.25, -0.2) is 0 Å². The number of hydrogen-bond donors (Lipinski definition) is 2. The summed E-state index contributed by atoms with van der Waals surface area (Å²) in [6.07, 6.45) is 1.26. The molecule has 2 atom stereocenters. The number of hydrogen-bond acceptors (Lipinski definition) is 2. The molecule has 1 aliphatic rings. The Bertz CT molecular complexity index is 269. The van der Waals surface area contributed by atoms with E-state index in [4.69, 9.17) is 10.8 Å². The smallest absolute Gasteiger partial charge is 0.0319 e. The molecule has 0 amide bonds. The Balaban J connectivity index is 0.000000461. The minimum absolute atomic E-state index is 0.321. The van der Waals surface area contributed by atoms with Crippen LogP contribution in [-0.4, -0.2) is 18.8 Å². The first kappa shape index (κ1) is 11.2. The Morgan fingerprint density at radius 2 is 1.86 bits per heavy atom. The first-order valence-electron chi connectivity index (χ1n) is 5.00. The molecule has 1 fully saturated rings. The molecule has 2 nitrogen and oxygen atoms in total. The molecule has 1 aromatic rings. The average molecular weight is 193 g/mol. The van der Waals surface area contributed by atoms with Crippen molar-refractivity contribution in [2.75, 3.05) is 13.7 Å². The normalized spacial score (nSPS) is 29.0. The molecule has 0 saturated heterocycles. The molecule has 0 aliphatic heterocycles. The third kappa shape index (κ3) is 1.81. The molecule has 0 spiro atoms. The van der Waals surface area contributed by atoms with Crippen LogP contribution in [0.3, 0.4) is 0 Å². The van der Waals surface area contributed by atoms with Gasteiger partial charge in [0.1, 0.15) is 0 Å². The Labute approximate surface area is 85.8 Å². The maximum absolute atomic E-state index is 7.00. The molecule has 1 aromatic carbocycles. The molecule has 14 heavy (non-hydrogen) atoms. The second kappa shape index (κ2) is 4.58. The monoisotopic (exact) mass is 193 g/mol. The van der Waals surface area contributed by atoms with Gasteiger partial charge >= 0.3 is 0 Å². The Morgan fingerprint density at radius 1 is 1.36 bits per heavy atom. The summed E-state index contributed by atoms with van der Waals surface area (Å²) in [6.45, 7) is 3.07. The van der Waals surface area contributed by atoms with Crippen molar-refractivity contribution in [2.45, 2.75) is 18.8 Å². The minimum Gasteiger partial charge on any atom is -0.400 e. The molecular formula is C12H19NO. The van der Waals surface area contributed by atoms with E-state index in [1.807, 2.05) is 0 Å². The number of aliphatic hydroxyl groups excluding tert-OH is 1. The lowest BCUT2D eigenvalue weighted by Crippen LogP contribution is -2.21. The Morgan fingerprint density at radius 3 is 2.21 bits per heavy atom. The van der Waals surface area contributed by atoms with Gasteiger partial charge in [0.05, 0.1) is 0 Å². The van der Waals surface area contributed by atoms with Gasteiger partial charge in [-0.3, -0.25) is 0 Å². The van der Waals surface area contributed by atoms with E-state index in [1.54, 1.807) is 0 Å². The van der Waals surface area contributed by atoms with Crippen molar-refractivity contribution in [2.24, 2.45) is 11.7 Å². The number of rotatable bonds is 2. The summed E-state index contributed by atoms with van der Waals surface area (Å²) in [5, 5.41) is 7.00. The zero-order valence-corrected chi connectivity index (χ0v) is 8.90. The van der Waals surface area contributed by atoms with Crippen molar-refractivity contribution in [3.8, 4) is 0 Å². The van der Waals surface area contributed by atoms with Crippen LogP contribution >= 0.6 is 0 Å². The maximum atomic E-state index is 7.00. The predicted octanol–water partition coefficient (Wildman–Crippen LogP) is 1.53. The lowest BCUT2D eigenvalue weighted by Gasteiger charge is -2.13. The van der Waals surface area contributed by atoms with Crippen LogP contribution in [0.5, 0.6) is 0 Å². The fraction of sp³-hybridized carbons (Fsp3) is 0.500. The molecule has 0 radical (unpaired) electrons. The van der Waals surface area contributed by atoms with E-state index in [0.29, 0.717) is 5.41 Å². The average Bonchev–Trinajstić information content (AvgIpc) is 2.95. The summed E-state index contributed by atoms with van der Waals surface area (Å²) < 4.78 is 0. The Kier molecular flexibility index (Phi) is 3.67. The predicted molar refractivity (Wildman–Crippen MR) is 59.1 cm³/mol. The molecule has 2 rings (SSSR count). The number of aliphatic hydroxyl groups is 1. The lowest BCUT2D eigenvalue weighted by molar-refractivity contribution is 0.399. The van der Waals surface area contributed by atoms with Gasteiger partial charge in [-0.15, -0.1) is 0 Å². The largest absolute Gasteiger partial charge is 0.400 e. The summed E-state index contributed by atoms with van der Waals surface area (Å²) >= 11 is 0. The second-order valence-electron chi connectivity index (χ2n) is 3.83. The molecule has 0 bridgehead atoms. The van der Waals surface area contributed by atoms with Crippen molar-refractivity contribution >= 4 is 0 Å². The van der Waals surface area contributed by atoms with Crippen LogP contribution in [0.25, 0.3) is 0 Å². The molecular weight excluding hydrogens is 174 g/mol. The summed E-state index contributed by atoms with van der Waals surface area (Å²) in [7, 11) is 1.00. The highest BCUT2D eigenvalue weighted by Crippen LogP contribution is 2.52. The van der Waals surface area contributed by atoms with Gasteiger partial charge in [0, 0.05) is 19.1 Å². The molecule has 1 saturated carbocycles. The van der Waals surface area contributed by atoms with E-state index < -0.39 is 0 Å². The second-order valence-corrected chi connectivity index (χ2v) is 3.83. The third-order valence-corrected chi connectivity index (χ3v) is 3.17. The molecule has 78 valence electrons. The highest BCUT2D eigenvalue weighted by molar-refractivity contribution is 5.33. The van der Waals surface area contributed by atoms with Crippen LogP contribution in [0.4, 0.5) is 0 Å². The van der Waals surface area contributed by atoms with Crippen molar-refractivity contribution in [1.29, 1.82) is 0 Å². The molecule has 2 heteroatoms. The van der Waals surface area contributed by atoms with Crippen molar-refractivity contribution < 1.29 is 5.11 Å². The van der Waals surface area contributed by atoms with Gasteiger partial charge in [-0.2, -0.15) is 0 Å². The standard InChI is InChI=1S/C11H15N.CH4O/c1-9-7-11(9,8-12)10-5-3-2-4-6-10;1-2/h2-6,9H,7-8,12H2,1H3;2H,1H3. The van der Waals surface area contributed by atoms with E-state index >= 15 is 0 Å². The topological polar surface area (TPSA) is 46.2 Å². The lowest BCUT2D eigenvalue weighted by atomic mass is 9.94. The minimum atomic E-state index is 0.321. The number of nitrogens with two attached hydrogens (primary N) is 1. The summed E-state index contributed by atoms with van der Waals surface area (Å²) in [5.74, 6) is 0.768. The van der Waals surface area contributed by atoms with E-state index in [1.165, 1.54) is 12.0 Å². The van der Waals surface area contributed by atoms with Gasteiger partial charge in [-0.1, -0.05) is 37.3 Å². The first-order chi connectivity index (χ1) is 6.79. The maximum Gasteiger partial charge on any atom is 0.0319 e. The molecule has 2 unspecified atom stereocenters. The van der Waals surface area contributed by atoms with Crippen molar-refractivity contribution in [3.05, 3.63) is 35.9 Å². The van der Waals surface area contributed by atoms with Crippen LogP contribution in [0.1, 0.15) is 18.9 Å². The summed E-state index contributed by atoms with van der Waals surface area (Å²) in [4.78, 5) is 0. The van der Waals surface area contributed by atoms with Crippen LogP contribution in [0.2, 0.25) is 0 Å². The highest BCUT2D eigenvalue weighted by atomic mass is 16.2. The zero-order chi connectivity index (χ0) is 10.6. The van der Waals surface area contributed by atoms with Crippen LogP contribution in [0, 0.1) is 5.92 Å². The van der Waals surface area contributed by atoms with Crippen LogP contribution < -0.4 is 5.73 Å². The fourth-order valence-electron chi connectivity index (χ4n) is 2.06. The van der Waals surface area contributed by atoms with Crippen LogP contribution in [0.15, 0.2) is 30.3 Å². The van der Waals surface area contributed by atoms with Gasteiger partial charge in [0.25, 0.3) is 0 Å². The highest BCUT2D eigenvalue weighted by Gasteiger charge is 2.50. The van der Waals surface area contributed by atoms with Gasteiger partial charge < -0.3 is 10.8 Å². The third-order valence-electron chi connectivity index (χ3n) is 3.17. The van der Waals surface area contributed by atoms with E-state index in [0.717, 1.165) is 19.6 Å². The van der Waals surface area contributed by atoms with Crippen LogP contribution in [-0.2, 0) is 5.41 Å². The molecule has 1 aliphatic carbocycles. The van der Waals surface area contributed by atoms with E-state index in [9.17, 15) is 0 Å². The van der Waals surface area contributed by atoms with Gasteiger partial charge in [-0.05, 0) is 17.9 Å². The SMILES string of the molecule is CC1CC1(CN)c1ccccc1.CO.